The third kappa shape index (κ3) is 6.48. The van der Waals surface area contributed by atoms with Gasteiger partial charge in [0.25, 0.3) is 0 Å². The molecule has 0 aliphatic carbocycles. The van der Waals surface area contributed by atoms with Crippen LogP contribution in [0.3, 0.4) is 0 Å². The van der Waals surface area contributed by atoms with Crippen molar-refractivity contribution in [1.82, 2.24) is 5.32 Å². The highest BCUT2D eigenvalue weighted by Crippen LogP contribution is 2.23. The van der Waals surface area contributed by atoms with Crippen LogP contribution in [0.5, 0.6) is 0 Å². The number of nitrogens with one attached hydrogen (secondary N) is 1. The summed E-state index contributed by atoms with van der Waals surface area (Å²) in [5.74, 6) is 1.07. The van der Waals surface area contributed by atoms with E-state index in [1.807, 2.05) is 30.0 Å². The average Bonchev–Trinajstić information content (AvgIpc) is 2.32. The van der Waals surface area contributed by atoms with E-state index < -0.39 is 0 Å². The number of rotatable bonds is 8. The highest BCUT2D eigenvalue weighted by Gasteiger charge is 2.08. The molecule has 1 nitrogen and oxygen atoms in total. The highest BCUT2D eigenvalue weighted by molar-refractivity contribution is 7.99. The Morgan fingerprint density at radius 2 is 2.28 bits per heavy atom. The van der Waals surface area contributed by atoms with Gasteiger partial charge in [-0.15, -0.1) is 18.3 Å². The number of benzene rings is 1. The quantitative estimate of drug-likeness (QED) is 0.545. The molecule has 0 radical (unpaired) electrons. The second-order valence-corrected chi connectivity index (χ2v) is 6.05. The summed E-state index contributed by atoms with van der Waals surface area (Å²) in [4.78, 5) is 1.24. The van der Waals surface area contributed by atoms with E-state index in [0.29, 0.717) is 6.04 Å². The standard InChI is InChI=1S/C15H22ClNS/c1-4-17-14(9-8-12(2)3)11-18-15-7-5-6-13(16)10-15/h5-7,10,14,17H,2,4,8-9,11H2,1,3H3. The molecule has 0 aliphatic heterocycles. The Kier molecular flexibility index (Phi) is 7.48. The first kappa shape index (κ1) is 15.6. The third-order valence-corrected chi connectivity index (χ3v) is 4.05. The molecule has 1 aromatic carbocycles. The van der Waals surface area contributed by atoms with Gasteiger partial charge in [-0.25, -0.2) is 0 Å². The van der Waals surface area contributed by atoms with Gasteiger partial charge in [-0.05, 0) is 44.5 Å². The Labute approximate surface area is 120 Å². The summed E-state index contributed by atoms with van der Waals surface area (Å²) in [6, 6.07) is 8.58. The molecule has 1 aromatic rings. The fourth-order valence-corrected chi connectivity index (χ4v) is 3.03. The molecule has 3 heteroatoms. The van der Waals surface area contributed by atoms with Crippen LogP contribution in [0, 0.1) is 0 Å². The first-order chi connectivity index (χ1) is 8.61. The van der Waals surface area contributed by atoms with Crippen LogP contribution in [-0.4, -0.2) is 18.3 Å². The minimum absolute atomic E-state index is 0.538. The van der Waals surface area contributed by atoms with Gasteiger partial charge in [0.2, 0.25) is 0 Å². The van der Waals surface area contributed by atoms with Gasteiger partial charge in [-0.2, -0.15) is 0 Å². The van der Waals surface area contributed by atoms with E-state index in [4.69, 9.17) is 11.6 Å². The number of hydrogen-bond acceptors (Lipinski definition) is 2. The van der Waals surface area contributed by atoms with Crippen molar-refractivity contribution in [2.75, 3.05) is 12.3 Å². The molecule has 0 saturated carbocycles. The van der Waals surface area contributed by atoms with Crippen molar-refractivity contribution in [2.45, 2.75) is 37.6 Å². The van der Waals surface area contributed by atoms with E-state index >= 15 is 0 Å². The fourth-order valence-electron chi connectivity index (χ4n) is 1.71. The van der Waals surface area contributed by atoms with Gasteiger partial charge >= 0.3 is 0 Å². The molecular formula is C15H22ClNS. The second-order valence-electron chi connectivity index (χ2n) is 4.52. The zero-order valence-electron chi connectivity index (χ0n) is 11.2. The van der Waals surface area contributed by atoms with E-state index in [2.05, 4.69) is 31.8 Å². The molecule has 1 N–H and O–H groups in total. The average molecular weight is 284 g/mol. The molecule has 0 bridgehead atoms. The van der Waals surface area contributed by atoms with Crippen molar-refractivity contribution < 1.29 is 0 Å². The van der Waals surface area contributed by atoms with Crippen LogP contribution in [0.1, 0.15) is 26.7 Å². The number of thioether (sulfide) groups is 1. The molecule has 0 fully saturated rings. The maximum Gasteiger partial charge on any atom is 0.0417 e. The fraction of sp³-hybridized carbons (Fsp3) is 0.467. The summed E-state index contributed by atoms with van der Waals surface area (Å²) in [5, 5.41) is 4.34. The molecule has 0 spiro atoms. The van der Waals surface area contributed by atoms with Crippen molar-refractivity contribution in [2.24, 2.45) is 0 Å². The van der Waals surface area contributed by atoms with Gasteiger partial charge in [-0.1, -0.05) is 30.2 Å². The largest absolute Gasteiger partial charge is 0.313 e. The maximum atomic E-state index is 5.98. The SMILES string of the molecule is C=C(C)CCC(CSc1cccc(Cl)c1)NCC. The molecular weight excluding hydrogens is 262 g/mol. The van der Waals surface area contributed by atoms with Gasteiger partial charge in [0, 0.05) is 21.7 Å². The lowest BCUT2D eigenvalue weighted by Crippen LogP contribution is -2.31. The van der Waals surface area contributed by atoms with Crippen molar-refractivity contribution in [1.29, 1.82) is 0 Å². The number of halogens is 1. The lowest BCUT2D eigenvalue weighted by atomic mass is 10.1. The van der Waals surface area contributed by atoms with E-state index in [0.717, 1.165) is 30.2 Å². The summed E-state index contributed by atoms with van der Waals surface area (Å²) in [7, 11) is 0. The molecule has 0 aromatic heterocycles. The van der Waals surface area contributed by atoms with E-state index in [1.54, 1.807) is 0 Å². The molecule has 1 rings (SSSR count). The van der Waals surface area contributed by atoms with E-state index in [-0.39, 0.29) is 0 Å². The Morgan fingerprint density at radius 1 is 1.50 bits per heavy atom. The topological polar surface area (TPSA) is 12.0 Å². The predicted octanol–water partition coefficient (Wildman–Crippen LogP) is 4.77. The van der Waals surface area contributed by atoms with Crippen LogP contribution >= 0.6 is 23.4 Å². The molecule has 1 atom stereocenters. The first-order valence-corrected chi connectivity index (χ1v) is 7.74. The minimum atomic E-state index is 0.538. The van der Waals surface area contributed by atoms with Gasteiger partial charge in [-0.3, -0.25) is 0 Å². The highest BCUT2D eigenvalue weighted by atomic mass is 35.5. The Balaban J connectivity index is 2.43. The van der Waals surface area contributed by atoms with Gasteiger partial charge < -0.3 is 5.32 Å². The van der Waals surface area contributed by atoms with Crippen LogP contribution in [0.25, 0.3) is 0 Å². The molecule has 0 aliphatic rings. The summed E-state index contributed by atoms with van der Waals surface area (Å²) in [6.45, 7) is 9.22. The van der Waals surface area contributed by atoms with E-state index in [9.17, 15) is 0 Å². The monoisotopic (exact) mass is 283 g/mol. The van der Waals surface area contributed by atoms with Gasteiger partial charge in [0.05, 0.1) is 0 Å². The van der Waals surface area contributed by atoms with Crippen molar-refractivity contribution in [3.05, 3.63) is 41.4 Å². The van der Waals surface area contributed by atoms with Crippen molar-refractivity contribution in [3.8, 4) is 0 Å². The molecule has 100 valence electrons. The second kappa shape index (κ2) is 8.63. The minimum Gasteiger partial charge on any atom is -0.313 e. The lowest BCUT2D eigenvalue weighted by molar-refractivity contribution is 0.537. The summed E-state index contributed by atoms with van der Waals surface area (Å²) < 4.78 is 0. The molecule has 0 heterocycles. The third-order valence-electron chi connectivity index (χ3n) is 2.66. The number of hydrogen-bond donors (Lipinski definition) is 1. The Morgan fingerprint density at radius 3 is 2.89 bits per heavy atom. The van der Waals surface area contributed by atoms with Crippen LogP contribution < -0.4 is 5.32 Å². The maximum absolute atomic E-state index is 5.98. The number of allylic oxidation sites excluding steroid dienone is 1. The van der Waals surface area contributed by atoms with Crippen LogP contribution in [-0.2, 0) is 0 Å². The Hall–Kier alpha value is -0.440. The lowest BCUT2D eigenvalue weighted by Gasteiger charge is -2.17. The van der Waals surface area contributed by atoms with Crippen LogP contribution in [0.4, 0.5) is 0 Å². The van der Waals surface area contributed by atoms with Crippen LogP contribution in [0.2, 0.25) is 5.02 Å². The molecule has 1 unspecified atom stereocenters. The van der Waals surface area contributed by atoms with Crippen molar-refractivity contribution >= 4 is 23.4 Å². The smallest absolute Gasteiger partial charge is 0.0417 e. The van der Waals surface area contributed by atoms with E-state index in [1.165, 1.54) is 10.5 Å². The first-order valence-electron chi connectivity index (χ1n) is 6.38. The molecule has 18 heavy (non-hydrogen) atoms. The normalized spacial score (nSPS) is 12.4. The van der Waals surface area contributed by atoms with Gasteiger partial charge in [0.1, 0.15) is 0 Å². The molecule has 0 saturated heterocycles. The summed E-state index contributed by atoms with van der Waals surface area (Å²) in [6.07, 6.45) is 2.24. The Bertz CT molecular complexity index is 379. The zero-order valence-corrected chi connectivity index (χ0v) is 12.8. The zero-order chi connectivity index (χ0) is 13.4. The predicted molar refractivity (Wildman–Crippen MR) is 83.7 cm³/mol. The van der Waals surface area contributed by atoms with Gasteiger partial charge in [0.15, 0.2) is 0 Å². The molecule has 0 amide bonds. The van der Waals surface area contributed by atoms with Crippen molar-refractivity contribution in [3.63, 3.8) is 0 Å². The van der Waals surface area contributed by atoms with Crippen LogP contribution in [0.15, 0.2) is 41.3 Å². The summed E-state index contributed by atoms with van der Waals surface area (Å²) in [5.41, 5.74) is 1.26. The summed E-state index contributed by atoms with van der Waals surface area (Å²) >= 11 is 7.84.